The number of carbonyl (C=O) groups is 1. The minimum absolute atomic E-state index is 0.00965. The van der Waals surface area contributed by atoms with E-state index >= 15 is 0 Å². The Hall–Kier alpha value is -3.95. The molecule has 4 heterocycles. The van der Waals surface area contributed by atoms with Crippen LogP contribution in [-0.4, -0.2) is 93.0 Å². The molecule has 2 fully saturated rings. The van der Waals surface area contributed by atoms with Gasteiger partial charge in [0, 0.05) is 37.1 Å². The van der Waals surface area contributed by atoms with Gasteiger partial charge in [-0.3, -0.25) is 4.98 Å². The van der Waals surface area contributed by atoms with Crippen molar-refractivity contribution in [3.05, 3.63) is 78.1 Å². The highest BCUT2D eigenvalue weighted by Crippen LogP contribution is 2.35. The summed E-state index contributed by atoms with van der Waals surface area (Å²) >= 11 is 0. The van der Waals surface area contributed by atoms with Crippen LogP contribution in [0.25, 0.3) is 0 Å². The summed E-state index contributed by atoms with van der Waals surface area (Å²) in [6.45, 7) is 5.15. The molecule has 0 spiro atoms. The number of rotatable bonds is 14. The lowest BCUT2D eigenvalue weighted by molar-refractivity contribution is 0.0271. The number of pyridine rings is 1. The van der Waals surface area contributed by atoms with E-state index in [1.54, 1.807) is 30.6 Å². The van der Waals surface area contributed by atoms with Gasteiger partial charge in [-0.1, -0.05) is 32.0 Å². The average molecular weight is 684 g/mol. The monoisotopic (exact) mass is 683 g/mol. The lowest BCUT2D eigenvalue weighted by Crippen LogP contribution is -2.51. The number of sulfonamides is 1. The van der Waals surface area contributed by atoms with Gasteiger partial charge in [0.2, 0.25) is 16.8 Å². The standard InChI is InChI=1S/C34H41N3O10S/c1-22(2)15-37(48(40,41)26-9-10-30-31(13-26)46-21-45-30)16-29(38)28(36-34(39)47-33-20-44-32-19-42-18-27(32)33)12-23-5-7-25(8-6-23)43-17-24-4-3-11-35-14-24/h3-11,13-14,22,27-29,32-33,38H,12,15-21H2,1-2H3,(H,36,39)/t27-,28+,29-,32+,33+/m1/s1. The van der Waals surface area contributed by atoms with Crippen LogP contribution in [0, 0.1) is 11.8 Å². The average Bonchev–Trinajstić information content (AvgIpc) is 3.83. The molecule has 0 bridgehead atoms. The maximum Gasteiger partial charge on any atom is 0.407 e. The molecule has 14 heteroatoms. The lowest BCUT2D eigenvalue weighted by Gasteiger charge is -2.31. The lowest BCUT2D eigenvalue weighted by atomic mass is 10.0. The Bertz CT molecular complexity index is 1640. The number of aliphatic hydroxyl groups excluding tert-OH is 1. The fourth-order valence-corrected chi connectivity index (χ4v) is 7.60. The number of nitrogens with one attached hydrogen (secondary N) is 1. The first-order chi connectivity index (χ1) is 23.2. The normalized spacial score (nSPS) is 21.2. The second-order valence-electron chi connectivity index (χ2n) is 12.6. The molecule has 3 aliphatic rings. The largest absolute Gasteiger partial charge is 0.489 e. The number of benzene rings is 2. The summed E-state index contributed by atoms with van der Waals surface area (Å²) < 4.78 is 62.6. The van der Waals surface area contributed by atoms with Crippen molar-refractivity contribution >= 4 is 16.1 Å². The Morgan fingerprint density at radius 1 is 1.04 bits per heavy atom. The summed E-state index contributed by atoms with van der Waals surface area (Å²) in [4.78, 5) is 17.3. The number of aliphatic hydroxyl groups is 1. The van der Waals surface area contributed by atoms with E-state index in [1.807, 2.05) is 38.1 Å². The number of carbonyl (C=O) groups excluding carboxylic acids is 1. The minimum atomic E-state index is -4.07. The predicted molar refractivity (Wildman–Crippen MR) is 172 cm³/mol. The third kappa shape index (κ3) is 8.18. The summed E-state index contributed by atoms with van der Waals surface area (Å²) in [6, 6.07) is 14.6. The zero-order chi connectivity index (χ0) is 33.7. The Morgan fingerprint density at radius 2 is 1.85 bits per heavy atom. The molecule has 48 heavy (non-hydrogen) atoms. The third-order valence-corrected chi connectivity index (χ3v) is 10.3. The Balaban J connectivity index is 1.18. The van der Waals surface area contributed by atoms with E-state index in [1.165, 1.54) is 16.4 Å². The first-order valence-electron chi connectivity index (χ1n) is 16.0. The van der Waals surface area contributed by atoms with Gasteiger partial charge < -0.3 is 38.8 Å². The van der Waals surface area contributed by atoms with Gasteiger partial charge >= 0.3 is 6.09 Å². The van der Waals surface area contributed by atoms with E-state index in [2.05, 4.69) is 10.3 Å². The predicted octanol–water partition coefficient (Wildman–Crippen LogP) is 3.15. The second kappa shape index (κ2) is 15.1. The molecule has 0 aliphatic carbocycles. The molecule has 1 amide bonds. The van der Waals surface area contributed by atoms with Crippen LogP contribution in [0.1, 0.15) is 25.0 Å². The quantitative estimate of drug-likeness (QED) is 0.258. The summed E-state index contributed by atoms with van der Waals surface area (Å²) in [6.07, 6.45) is 0.982. The molecule has 5 atom stereocenters. The maximum atomic E-state index is 13.9. The van der Waals surface area contributed by atoms with Crippen LogP contribution in [0.15, 0.2) is 71.9 Å². The highest BCUT2D eigenvalue weighted by Gasteiger charge is 2.44. The maximum absolute atomic E-state index is 13.9. The van der Waals surface area contributed by atoms with Crippen LogP contribution in [0.2, 0.25) is 0 Å². The number of nitrogens with zero attached hydrogens (tertiary/aromatic N) is 2. The van der Waals surface area contributed by atoms with Crippen molar-refractivity contribution in [3.8, 4) is 17.2 Å². The van der Waals surface area contributed by atoms with Gasteiger partial charge in [-0.25, -0.2) is 13.2 Å². The first-order valence-corrected chi connectivity index (χ1v) is 17.4. The zero-order valence-corrected chi connectivity index (χ0v) is 27.7. The molecule has 0 unspecified atom stereocenters. The van der Waals surface area contributed by atoms with Crippen molar-refractivity contribution in [2.75, 3.05) is 39.7 Å². The van der Waals surface area contributed by atoms with Gasteiger partial charge in [0.25, 0.3) is 0 Å². The summed E-state index contributed by atoms with van der Waals surface area (Å²) in [5.74, 6) is 1.32. The number of amides is 1. The van der Waals surface area contributed by atoms with E-state index < -0.39 is 34.4 Å². The van der Waals surface area contributed by atoms with Gasteiger partial charge in [-0.05, 0) is 48.2 Å². The SMILES string of the molecule is CC(C)CN(C[C@@H](O)[C@H](Cc1ccc(OCc2cccnc2)cc1)NC(=O)O[C@H]1CO[C@H]2COC[C@H]21)S(=O)(=O)c1ccc2c(c1)OCO2. The van der Waals surface area contributed by atoms with E-state index in [0.29, 0.717) is 37.1 Å². The van der Waals surface area contributed by atoms with Crippen molar-refractivity contribution in [3.63, 3.8) is 0 Å². The Kier molecular flexibility index (Phi) is 10.7. The van der Waals surface area contributed by atoms with Gasteiger partial charge in [-0.15, -0.1) is 0 Å². The molecule has 2 saturated heterocycles. The van der Waals surface area contributed by atoms with Gasteiger partial charge in [0.05, 0.1) is 48.9 Å². The molecule has 258 valence electrons. The number of hydrogen-bond donors (Lipinski definition) is 2. The van der Waals surface area contributed by atoms with Crippen LogP contribution in [0.4, 0.5) is 4.79 Å². The zero-order valence-electron chi connectivity index (χ0n) is 26.9. The molecular formula is C34H41N3O10S. The second-order valence-corrected chi connectivity index (χ2v) is 14.5. The number of fused-ring (bicyclic) bond motifs is 2. The number of alkyl carbamates (subject to hydrolysis) is 1. The van der Waals surface area contributed by atoms with Gasteiger partial charge in [-0.2, -0.15) is 4.31 Å². The van der Waals surface area contributed by atoms with E-state index in [-0.39, 0.29) is 55.7 Å². The van der Waals surface area contributed by atoms with Crippen molar-refractivity contribution in [1.29, 1.82) is 0 Å². The van der Waals surface area contributed by atoms with Crippen LogP contribution >= 0.6 is 0 Å². The number of ether oxygens (including phenoxy) is 6. The van der Waals surface area contributed by atoms with Gasteiger partial charge in [0.15, 0.2) is 11.5 Å². The molecule has 0 radical (unpaired) electrons. The highest BCUT2D eigenvalue weighted by atomic mass is 32.2. The molecule has 2 N–H and O–H groups in total. The Labute approximate surface area is 280 Å². The highest BCUT2D eigenvalue weighted by molar-refractivity contribution is 7.89. The van der Waals surface area contributed by atoms with Crippen molar-refractivity contribution in [2.24, 2.45) is 11.8 Å². The molecule has 3 aliphatic heterocycles. The molecule has 13 nitrogen and oxygen atoms in total. The first kappa shape index (κ1) is 33.9. The molecule has 1 aromatic heterocycles. The molecular weight excluding hydrogens is 642 g/mol. The van der Waals surface area contributed by atoms with Crippen LogP contribution < -0.4 is 19.5 Å². The van der Waals surface area contributed by atoms with E-state index in [0.717, 1.165) is 11.1 Å². The van der Waals surface area contributed by atoms with Crippen LogP contribution in [0.3, 0.4) is 0 Å². The fourth-order valence-electron chi connectivity index (χ4n) is 5.97. The number of aromatic nitrogens is 1. The minimum Gasteiger partial charge on any atom is -0.489 e. The molecule has 2 aromatic carbocycles. The van der Waals surface area contributed by atoms with Crippen molar-refractivity contribution in [1.82, 2.24) is 14.6 Å². The van der Waals surface area contributed by atoms with Crippen molar-refractivity contribution in [2.45, 2.75) is 56.1 Å². The third-order valence-electron chi connectivity index (χ3n) is 8.50. The van der Waals surface area contributed by atoms with Crippen molar-refractivity contribution < 1.29 is 46.7 Å². The number of hydrogen-bond acceptors (Lipinski definition) is 11. The summed E-state index contributed by atoms with van der Waals surface area (Å²) in [5.41, 5.74) is 1.72. The molecule has 0 saturated carbocycles. The topological polar surface area (TPSA) is 155 Å². The smallest absolute Gasteiger partial charge is 0.407 e. The summed E-state index contributed by atoms with van der Waals surface area (Å²) in [5, 5.41) is 14.5. The summed E-state index contributed by atoms with van der Waals surface area (Å²) in [7, 11) is -4.07. The van der Waals surface area contributed by atoms with Crippen LogP contribution in [0.5, 0.6) is 17.2 Å². The van der Waals surface area contributed by atoms with Crippen LogP contribution in [-0.2, 0) is 37.3 Å². The molecule has 6 rings (SSSR count). The van der Waals surface area contributed by atoms with E-state index in [9.17, 15) is 18.3 Å². The van der Waals surface area contributed by atoms with E-state index in [4.69, 9.17) is 28.4 Å². The fraction of sp³-hybridized carbons (Fsp3) is 0.471. The Morgan fingerprint density at radius 3 is 2.62 bits per heavy atom. The molecule has 3 aromatic rings. The van der Waals surface area contributed by atoms with Gasteiger partial charge in [0.1, 0.15) is 18.5 Å².